The third-order valence-corrected chi connectivity index (χ3v) is 3.79. The van der Waals surface area contributed by atoms with Crippen molar-refractivity contribution in [2.45, 2.75) is 18.9 Å². The smallest absolute Gasteiger partial charge is 0.274 e. The molecular weight excluding hydrogens is 254 g/mol. The molecule has 1 aliphatic carbocycles. The molecule has 2 aromatic rings. The summed E-state index contributed by atoms with van der Waals surface area (Å²) < 4.78 is 0. The lowest BCUT2D eigenvalue weighted by atomic mass is 10.1. The summed E-state index contributed by atoms with van der Waals surface area (Å²) in [6.07, 6.45) is 1.91. The lowest BCUT2D eigenvalue weighted by Crippen LogP contribution is -2.31. The van der Waals surface area contributed by atoms with E-state index in [1.165, 1.54) is 23.3 Å². The van der Waals surface area contributed by atoms with Crippen molar-refractivity contribution in [3.8, 4) is 0 Å². The quantitative estimate of drug-likeness (QED) is 0.899. The number of aromatic amines is 1. The molecule has 0 unspecified atom stereocenters. The van der Waals surface area contributed by atoms with E-state index in [2.05, 4.69) is 22.3 Å². The van der Waals surface area contributed by atoms with Crippen molar-refractivity contribution in [3.63, 3.8) is 0 Å². The van der Waals surface area contributed by atoms with E-state index in [1.54, 1.807) is 11.9 Å². The Balaban J connectivity index is 1.86. The van der Waals surface area contributed by atoms with Crippen LogP contribution in [0.25, 0.3) is 0 Å². The summed E-state index contributed by atoms with van der Waals surface area (Å²) in [5, 5.41) is 6.09. The van der Waals surface area contributed by atoms with Crippen molar-refractivity contribution in [2.24, 2.45) is 0 Å². The highest BCUT2D eigenvalue weighted by Crippen LogP contribution is 2.35. The van der Waals surface area contributed by atoms with Crippen molar-refractivity contribution in [3.05, 3.63) is 63.6 Å². The van der Waals surface area contributed by atoms with Gasteiger partial charge in [0.2, 0.25) is 0 Å². The Morgan fingerprint density at radius 3 is 2.85 bits per heavy atom. The van der Waals surface area contributed by atoms with Gasteiger partial charge < -0.3 is 4.90 Å². The zero-order chi connectivity index (χ0) is 14.1. The average Bonchev–Trinajstić information content (AvgIpc) is 2.90. The molecule has 0 fully saturated rings. The van der Waals surface area contributed by atoms with E-state index in [0.29, 0.717) is 0 Å². The van der Waals surface area contributed by atoms with Gasteiger partial charge in [0.1, 0.15) is 5.69 Å². The molecule has 1 atom stereocenters. The van der Waals surface area contributed by atoms with Crippen LogP contribution in [0.2, 0.25) is 0 Å². The van der Waals surface area contributed by atoms with Crippen molar-refractivity contribution in [1.29, 1.82) is 0 Å². The maximum Gasteiger partial charge on any atom is 0.274 e. The standard InChI is InChI=1S/C15H15N3O2/c1-18(15(20)12-7-9-14(19)17-16-12)13-8-6-10-4-2-3-5-11(10)13/h2-5,7,9,13H,6,8H2,1H3,(H,17,19)/t13-/m0/s1. The van der Waals surface area contributed by atoms with Crippen LogP contribution in [-0.2, 0) is 6.42 Å². The summed E-state index contributed by atoms with van der Waals surface area (Å²) in [7, 11) is 1.78. The van der Waals surface area contributed by atoms with Gasteiger partial charge in [-0.25, -0.2) is 5.10 Å². The summed E-state index contributed by atoms with van der Waals surface area (Å²) in [5.41, 5.74) is 2.45. The molecule has 102 valence electrons. The summed E-state index contributed by atoms with van der Waals surface area (Å²) in [5.74, 6) is -0.178. The van der Waals surface area contributed by atoms with Gasteiger partial charge >= 0.3 is 0 Å². The van der Waals surface area contributed by atoms with Crippen LogP contribution in [0, 0.1) is 0 Å². The molecule has 0 spiro atoms. The molecule has 3 rings (SSSR count). The molecule has 1 heterocycles. The SMILES string of the molecule is CN(C(=O)c1ccc(=O)[nH]n1)[C@H]1CCc2ccccc21. The number of amides is 1. The van der Waals surface area contributed by atoms with E-state index >= 15 is 0 Å². The highest BCUT2D eigenvalue weighted by Gasteiger charge is 2.29. The van der Waals surface area contributed by atoms with Gasteiger partial charge in [-0.2, -0.15) is 5.10 Å². The number of hydrogen-bond acceptors (Lipinski definition) is 3. The number of nitrogens with zero attached hydrogens (tertiary/aromatic N) is 2. The molecule has 1 N–H and O–H groups in total. The first-order chi connectivity index (χ1) is 9.66. The molecule has 0 bridgehead atoms. The zero-order valence-corrected chi connectivity index (χ0v) is 11.2. The molecule has 0 saturated heterocycles. The lowest BCUT2D eigenvalue weighted by molar-refractivity contribution is 0.0723. The van der Waals surface area contributed by atoms with Crippen molar-refractivity contribution >= 4 is 5.91 Å². The van der Waals surface area contributed by atoms with Crippen LogP contribution >= 0.6 is 0 Å². The van der Waals surface area contributed by atoms with Gasteiger partial charge in [-0.15, -0.1) is 0 Å². The molecular formula is C15H15N3O2. The fourth-order valence-corrected chi connectivity index (χ4v) is 2.72. The topological polar surface area (TPSA) is 66.1 Å². The molecule has 1 aromatic heterocycles. The van der Waals surface area contributed by atoms with Gasteiger partial charge in [-0.1, -0.05) is 24.3 Å². The van der Waals surface area contributed by atoms with E-state index < -0.39 is 0 Å². The Morgan fingerprint density at radius 2 is 2.10 bits per heavy atom. The van der Waals surface area contributed by atoms with Crippen LogP contribution < -0.4 is 5.56 Å². The molecule has 20 heavy (non-hydrogen) atoms. The first kappa shape index (κ1) is 12.6. The Bertz CT molecular complexity index is 688. The van der Waals surface area contributed by atoms with E-state index in [9.17, 15) is 9.59 Å². The summed E-state index contributed by atoms with van der Waals surface area (Å²) >= 11 is 0. The second-order valence-corrected chi connectivity index (χ2v) is 4.98. The number of H-pyrrole nitrogens is 1. The molecule has 0 saturated carbocycles. The van der Waals surface area contributed by atoms with E-state index in [4.69, 9.17) is 0 Å². The van der Waals surface area contributed by atoms with Gasteiger partial charge in [0.25, 0.3) is 11.5 Å². The van der Waals surface area contributed by atoms with E-state index in [1.807, 2.05) is 12.1 Å². The molecule has 0 radical (unpaired) electrons. The molecule has 0 aliphatic heterocycles. The van der Waals surface area contributed by atoms with Crippen LogP contribution in [-0.4, -0.2) is 28.1 Å². The lowest BCUT2D eigenvalue weighted by Gasteiger charge is -2.25. The predicted octanol–water partition coefficient (Wildman–Crippen LogP) is 1.53. The minimum Gasteiger partial charge on any atom is -0.333 e. The minimum atomic E-state index is -0.310. The number of nitrogens with one attached hydrogen (secondary N) is 1. The Kier molecular flexibility index (Phi) is 3.10. The number of aryl methyl sites for hydroxylation is 1. The number of aromatic nitrogens is 2. The van der Waals surface area contributed by atoms with Gasteiger partial charge in [0.05, 0.1) is 6.04 Å². The monoisotopic (exact) mass is 269 g/mol. The average molecular weight is 269 g/mol. The van der Waals surface area contributed by atoms with Crippen LogP contribution in [0.1, 0.15) is 34.1 Å². The first-order valence-corrected chi connectivity index (χ1v) is 6.57. The number of carbonyl (C=O) groups excluding carboxylic acids is 1. The summed E-state index contributed by atoms with van der Waals surface area (Å²) in [6, 6.07) is 11.0. The highest BCUT2D eigenvalue weighted by atomic mass is 16.2. The largest absolute Gasteiger partial charge is 0.333 e. The Hall–Kier alpha value is -2.43. The molecule has 5 nitrogen and oxygen atoms in total. The molecule has 5 heteroatoms. The maximum atomic E-state index is 12.4. The number of benzene rings is 1. The second-order valence-electron chi connectivity index (χ2n) is 4.98. The van der Waals surface area contributed by atoms with Crippen LogP contribution in [0.3, 0.4) is 0 Å². The zero-order valence-electron chi connectivity index (χ0n) is 11.2. The summed E-state index contributed by atoms with van der Waals surface area (Å²) in [6.45, 7) is 0. The number of carbonyl (C=O) groups is 1. The second kappa shape index (κ2) is 4.92. The maximum absolute atomic E-state index is 12.4. The minimum absolute atomic E-state index is 0.0763. The number of fused-ring (bicyclic) bond motifs is 1. The van der Waals surface area contributed by atoms with Crippen LogP contribution in [0.5, 0.6) is 0 Å². The van der Waals surface area contributed by atoms with Crippen LogP contribution in [0.15, 0.2) is 41.2 Å². The van der Waals surface area contributed by atoms with Gasteiger partial charge in [-0.3, -0.25) is 9.59 Å². The fraction of sp³-hybridized carbons (Fsp3) is 0.267. The van der Waals surface area contributed by atoms with Gasteiger partial charge in [0.15, 0.2) is 0 Å². The first-order valence-electron chi connectivity index (χ1n) is 6.57. The van der Waals surface area contributed by atoms with Crippen LogP contribution in [0.4, 0.5) is 0 Å². The predicted molar refractivity (Wildman–Crippen MR) is 74.5 cm³/mol. The third-order valence-electron chi connectivity index (χ3n) is 3.79. The van der Waals surface area contributed by atoms with Gasteiger partial charge in [-0.05, 0) is 30.0 Å². The highest BCUT2D eigenvalue weighted by molar-refractivity contribution is 5.92. The summed E-state index contributed by atoms with van der Waals surface area (Å²) in [4.78, 5) is 25.1. The van der Waals surface area contributed by atoms with Crippen molar-refractivity contribution in [2.75, 3.05) is 7.05 Å². The van der Waals surface area contributed by atoms with E-state index in [-0.39, 0.29) is 23.2 Å². The molecule has 1 aromatic carbocycles. The third kappa shape index (κ3) is 2.11. The Labute approximate surface area is 116 Å². The Morgan fingerprint density at radius 1 is 1.30 bits per heavy atom. The molecule has 1 amide bonds. The normalized spacial score (nSPS) is 16.8. The fourth-order valence-electron chi connectivity index (χ4n) is 2.72. The molecule has 1 aliphatic rings. The number of rotatable bonds is 2. The van der Waals surface area contributed by atoms with Crippen molar-refractivity contribution < 1.29 is 4.79 Å². The van der Waals surface area contributed by atoms with Gasteiger partial charge in [0, 0.05) is 13.1 Å². The number of hydrogen-bond donors (Lipinski definition) is 1. The van der Waals surface area contributed by atoms with Crippen molar-refractivity contribution in [1.82, 2.24) is 15.1 Å². The van der Waals surface area contributed by atoms with E-state index in [0.717, 1.165) is 12.8 Å².